The average Bonchev–Trinajstić information content (AvgIpc) is 2.47. The number of nitrogens with zero attached hydrogens (tertiary/aromatic N) is 2. The summed E-state index contributed by atoms with van der Waals surface area (Å²) in [6.45, 7) is 3.88. The molecule has 0 bridgehead atoms. The number of methoxy groups -OCH3 is 1. The summed E-state index contributed by atoms with van der Waals surface area (Å²) in [5.41, 5.74) is 0.602. The molecular formula is C15H15Cl3N2O. The van der Waals surface area contributed by atoms with E-state index in [9.17, 15) is 0 Å². The monoisotopic (exact) mass is 344 g/mol. The summed E-state index contributed by atoms with van der Waals surface area (Å²) in [7, 11) is 1.61. The predicted octanol–water partition coefficient (Wildman–Crippen LogP) is 5.38. The molecule has 1 aromatic heterocycles. The highest BCUT2D eigenvalue weighted by molar-refractivity contribution is 6.40. The summed E-state index contributed by atoms with van der Waals surface area (Å²) in [6.07, 6.45) is 0.696. The van der Waals surface area contributed by atoms with Crippen molar-refractivity contribution in [2.75, 3.05) is 7.11 Å². The van der Waals surface area contributed by atoms with Gasteiger partial charge in [0.05, 0.1) is 5.56 Å². The van der Waals surface area contributed by atoms with E-state index >= 15 is 0 Å². The van der Waals surface area contributed by atoms with E-state index in [2.05, 4.69) is 9.97 Å². The van der Waals surface area contributed by atoms with E-state index in [4.69, 9.17) is 39.5 Å². The third-order valence-electron chi connectivity index (χ3n) is 3.56. The molecule has 0 aliphatic rings. The molecule has 2 rings (SSSR count). The number of ether oxygens (including phenoxy) is 1. The first-order valence-corrected chi connectivity index (χ1v) is 7.60. The third-order valence-corrected chi connectivity index (χ3v) is 4.44. The Morgan fingerprint density at radius 2 is 1.67 bits per heavy atom. The fourth-order valence-corrected chi connectivity index (χ4v) is 2.75. The molecular weight excluding hydrogens is 331 g/mol. The highest BCUT2D eigenvalue weighted by Gasteiger charge is 2.29. The molecule has 0 radical (unpaired) electrons. The van der Waals surface area contributed by atoms with E-state index in [1.165, 1.54) is 0 Å². The number of halogens is 3. The molecule has 0 aliphatic heterocycles. The van der Waals surface area contributed by atoms with Gasteiger partial charge in [0.25, 0.3) is 0 Å². The van der Waals surface area contributed by atoms with Crippen LogP contribution in [0.4, 0.5) is 0 Å². The lowest BCUT2D eigenvalue weighted by atomic mass is 10.0. The quantitative estimate of drug-likeness (QED) is 0.698. The Kier molecular flexibility index (Phi) is 5.10. The largest absolute Gasteiger partial charge is 0.371 e. The molecule has 1 heterocycles. The maximum absolute atomic E-state index is 6.31. The molecule has 0 saturated heterocycles. The first-order chi connectivity index (χ1) is 9.92. The average molecular weight is 346 g/mol. The third kappa shape index (κ3) is 3.16. The maximum atomic E-state index is 6.31. The molecule has 1 unspecified atom stereocenters. The van der Waals surface area contributed by atoms with Crippen LogP contribution in [-0.2, 0) is 10.3 Å². The standard InChI is InChI=1S/C15H15Cl3N2O/c1-4-15(2,21-3)14-19-12(17)11(13(18)20-14)9-7-5-6-8-10(9)16/h5-8H,4H2,1-3H3. The SMILES string of the molecule is CCC(C)(OC)c1nc(Cl)c(-c2ccccc2Cl)c(Cl)n1. The van der Waals surface area contributed by atoms with Crippen LogP contribution >= 0.6 is 34.8 Å². The molecule has 0 aliphatic carbocycles. The van der Waals surface area contributed by atoms with Gasteiger partial charge in [-0.25, -0.2) is 9.97 Å². The van der Waals surface area contributed by atoms with Crippen LogP contribution in [0, 0.1) is 0 Å². The minimum absolute atomic E-state index is 0.259. The zero-order chi connectivity index (χ0) is 15.6. The van der Waals surface area contributed by atoms with E-state index in [1.807, 2.05) is 32.0 Å². The normalized spacial score (nSPS) is 14.0. The van der Waals surface area contributed by atoms with Gasteiger partial charge in [0.1, 0.15) is 15.9 Å². The van der Waals surface area contributed by atoms with Crippen molar-refractivity contribution in [3.05, 3.63) is 45.4 Å². The lowest BCUT2D eigenvalue weighted by molar-refractivity contribution is -0.00894. The molecule has 0 spiro atoms. The minimum Gasteiger partial charge on any atom is -0.371 e. The zero-order valence-electron chi connectivity index (χ0n) is 12.0. The van der Waals surface area contributed by atoms with Gasteiger partial charge >= 0.3 is 0 Å². The molecule has 2 aromatic rings. The highest BCUT2D eigenvalue weighted by atomic mass is 35.5. The van der Waals surface area contributed by atoms with Gasteiger partial charge in [-0.1, -0.05) is 59.9 Å². The molecule has 1 atom stereocenters. The van der Waals surface area contributed by atoms with Crippen LogP contribution in [0.2, 0.25) is 15.3 Å². The van der Waals surface area contributed by atoms with Crippen molar-refractivity contribution in [1.82, 2.24) is 9.97 Å². The van der Waals surface area contributed by atoms with Gasteiger partial charge < -0.3 is 4.74 Å². The number of aromatic nitrogens is 2. The molecule has 6 heteroatoms. The Balaban J connectivity index is 2.61. The topological polar surface area (TPSA) is 35.0 Å². The smallest absolute Gasteiger partial charge is 0.163 e. The fourth-order valence-electron chi connectivity index (χ4n) is 1.92. The van der Waals surface area contributed by atoms with Crippen LogP contribution in [0.25, 0.3) is 11.1 Å². The summed E-state index contributed by atoms with van der Waals surface area (Å²) < 4.78 is 5.48. The number of hydrogen-bond acceptors (Lipinski definition) is 3. The Bertz CT molecular complexity index is 634. The van der Waals surface area contributed by atoms with Crippen molar-refractivity contribution >= 4 is 34.8 Å². The van der Waals surface area contributed by atoms with Crippen molar-refractivity contribution in [2.45, 2.75) is 25.9 Å². The highest BCUT2D eigenvalue weighted by Crippen LogP contribution is 2.38. The van der Waals surface area contributed by atoms with Crippen LogP contribution in [0.1, 0.15) is 26.1 Å². The number of benzene rings is 1. The summed E-state index contributed by atoms with van der Waals surface area (Å²) in [5.74, 6) is 0.457. The maximum Gasteiger partial charge on any atom is 0.163 e. The molecule has 112 valence electrons. The lowest BCUT2D eigenvalue weighted by Gasteiger charge is -2.25. The first kappa shape index (κ1) is 16.5. The van der Waals surface area contributed by atoms with Gasteiger partial charge in [0.15, 0.2) is 5.82 Å². The van der Waals surface area contributed by atoms with E-state index in [0.717, 1.165) is 0 Å². The van der Waals surface area contributed by atoms with E-state index in [1.54, 1.807) is 13.2 Å². The molecule has 0 saturated carbocycles. The van der Waals surface area contributed by atoms with E-state index < -0.39 is 5.60 Å². The molecule has 3 nitrogen and oxygen atoms in total. The summed E-state index contributed by atoms with van der Waals surface area (Å²) >= 11 is 18.8. The fraction of sp³-hybridized carbons (Fsp3) is 0.333. The van der Waals surface area contributed by atoms with Gasteiger partial charge in [-0.15, -0.1) is 0 Å². The van der Waals surface area contributed by atoms with Crippen LogP contribution in [0.5, 0.6) is 0 Å². The Hall–Kier alpha value is -0.870. The Labute approximate surface area is 139 Å². The number of rotatable bonds is 4. The van der Waals surface area contributed by atoms with Crippen LogP contribution in [-0.4, -0.2) is 17.1 Å². The van der Waals surface area contributed by atoms with Crippen LogP contribution < -0.4 is 0 Å². The van der Waals surface area contributed by atoms with Crippen LogP contribution in [0.3, 0.4) is 0 Å². The molecule has 0 N–H and O–H groups in total. The second-order valence-corrected chi connectivity index (χ2v) is 5.90. The first-order valence-electron chi connectivity index (χ1n) is 6.46. The van der Waals surface area contributed by atoms with Crippen molar-refractivity contribution in [2.24, 2.45) is 0 Å². The molecule has 0 fully saturated rings. The van der Waals surface area contributed by atoms with Gasteiger partial charge in [-0.2, -0.15) is 0 Å². The van der Waals surface area contributed by atoms with Crippen molar-refractivity contribution < 1.29 is 4.74 Å². The number of hydrogen-bond donors (Lipinski definition) is 0. The second-order valence-electron chi connectivity index (χ2n) is 4.77. The predicted molar refractivity (Wildman–Crippen MR) is 87.2 cm³/mol. The van der Waals surface area contributed by atoms with Gasteiger partial charge in [-0.3, -0.25) is 0 Å². The second kappa shape index (κ2) is 6.49. The Morgan fingerprint density at radius 3 is 2.14 bits per heavy atom. The minimum atomic E-state index is -0.633. The van der Waals surface area contributed by atoms with Gasteiger partial charge in [-0.05, 0) is 19.4 Å². The molecule has 21 heavy (non-hydrogen) atoms. The summed E-state index contributed by atoms with van der Waals surface area (Å²) in [4.78, 5) is 8.70. The van der Waals surface area contributed by atoms with Crippen molar-refractivity contribution in [3.63, 3.8) is 0 Å². The zero-order valence-corrected chi connectivity index (χ0v) is 14.2. The summed E-state index contributed by atoms with van der Waals surface area (Å²) in [6, 6.07) is 7.28. The van der Waals surface area contributed by atoms with Crippen molar-refractivity contribution in [1.29, 1.82) is 0 Å². The lowest BCUT2D eigenvalue weighted by Crippen LogP contribution is -2.26. The van der Waals surface area contributed by atoms with E-state index in [0.29, 0.717) is 28.4 Å². The van der Waals surface area contributed by atoms with Crippen LogP contribution in [0.15, 0.2) is 24.3 Å². The summed E-state index contributed by atoms with van der Waals surface area (Å²) in [5, 5.41) is 1.06. The Morgan fingerprint density at radius 1 is 1.10 bits per heavy atom. The van der Waals surface area contributed by atoms with Gasteiger partial charge in [0.2, 0.25) is 0 Å². The molecule has 0 amide bonds. The van der Waals surface area contributed by atoms with Gasteiger partial charge in [0, 0.05) is 17.7 Å². The van der Waals surface area contributed by atoms with E-state index in [-0.39, 0.29) is 10.3 Å². The van der Waals surface area contributed by atoms with Crippen molar-refractivity contribution in [3.8, 4) is 11.1 Å². The molecule has 1 aromatic carbocycles.